The zero-order chi connectivity index (χ0) is 14.5. The molecule has 0 unspecified atom stereocenters. The largest absolute Gasteiger partial charge is 0.491 e. The summed E-state index contributed by atoms with van der Waals surface area (Å²) in [6.45, 7) is 0.298. The predicted octanol–water partition coefficient (Wildman–Crippen LogP) is 4.80. The molecule has 0 saturated carbocycles. The Labute approximate surface area is 132 Å². The van der Waals surface area contributed by atoms with Crippen molar-refractivity contribution in [2.45, 2.75) is 5.92 Å². The van der Waals surface area contributed by atoms with Crippen molar-refractivity contribution < 1.29 is 9.84 Å². The van der Waals surface area contributed by atoms with E-state index in [2.05, 4.69) is 0 Å². The monoisotopic (exact) mass is 330 g/mol. The molecule has 0 radical (unpaired) electrons. The zero-order valence-electron chi connectivity index (χ0n) is 10.5. The van der Waals surface area contributed by atoms with Crippen LogP contribution in [0.4, 0.5) is 0 Å². The minimum Gasteiger partial charge on any atom is -0.491 e. The minimum atomic E-state index is -0.140. The van der Waals surface area contributed by atoms with Gasteiger partial charge in [0.1, 0.15) is 5.75 Å². The molecule has 1 atom stereocenters. The van der Waals surface area contributed by atoms with Gasteiger partial charge in [0, 0.05) is 16.0 Å². The first-order chi connectivity index (χ1) is 9.60. The Bertz CT molecular complexity index is 570. The maximum atomic E-state index is 9.47. The quantitative estimate of drug-likeness (QED) is 0.852. The van der Waals surface area contributed by atoms with Crippen LogP contribution >= 0.6 is 34.8 Å². The van der Waals surface area contributed by atoms with Gasteiger partial charge in [0.2, 0.25) is 0 Å². The first-order valence-electron chi connectivity index (χ1n) is 6.04. The molecule has 20 heavy (non-hydrogen) atoms. The van der Waals surface area contributed by atoms with Crippen LogP contribution in [-0.4, -0.2) is 18.3 Å². The van der Waals surface area contributed by atoms with Crippen molar-refractivity contribution in [1.29, 1.82) is 0 Å². The summed E-state index contributed by atoms with van der Waals surface area (Å²) in [6, 6.07) is 12.4. The molecule has 5 heteroatoms. The maximum absolute atomic E-state index is 9.47. The van der Waals surface area contributed by atoms with Crippen LogP contribution in [0.5, 0.6) is 5.75 Å². The van der Waals surface area contributed by atoms with Crippen molar-refractivity contribution in [1.82, 2.24) is 0 Å². The van der Waals surface area contributed by atoms with Crippen molar-refractivity contribution >= 4 is 34.8 Å². The molecule has 0 saturated heterocycles. The molecule has 106 valence electrons. The van der Waals surface area contributed by atoms with Crippen LogP contribution in [0.2, 0.25) is 15.1 Å². The Morgan fingerprint density at radius 1 is 0.950 bits per heavy atom. The van der Waals surface area contributed by atoms with Gasteiger partial charge in [0.05, 0.1) is 18.2 Å². The van der Waals surface area contributed by atoms with E-state index in [0.717, 1.165) is 5.56 Å². The van der Waals surface area contributed by atoms with Gasteiger partial charge in [-0.3, -0.25) is 0 Å². The summed E-state index contributed by atoms with van der Waals surface area (Å²) >= 11 is 17.7. The normalized spacial score (nSPS) is 12.2. The Morgan fingerprint density at radius 2 is 1.60 bits per heavy atom. The fraction of sp³-hybridized carbons (Fsp3) is 0.200. The minimum absolute atomic E-state index is 0.0210. The highest BCUT2D eigenvalue weighted by molar-refractivity contribution is 6.35. The van der Waals surface area contributed by atoms with Gasteiger partial charge in [0.25, 0.3) is 0 Å². The van der Waals surface area contributed by atoms with E-state index in [1.165, 1.54) is 0 Å². The number of benzene rings is 2. The summed E-state index contributed by atoms with van der Waals surface area (Å²) in [5.41, 5.74) is 0.960. The number of aliphatic hydroxyl groups excluding tert-OH is 1. The van der Waals surface area contributed by atoms with Gasteiger partial charge in [-0.2, -0.15) is 0 Å². The number of rotatable bonds is 5. The van der Waals surface area contributed by atoms with Crippen LogP contribution < -0.4 is 4.74 Å². The van der Waals surface area contributed by atoms with Crippen LogP contribution in [0.1, 0.15) is 11.5 Å². The fourth-order valence-electron chi connectivity index (χ4n) is 1.77. The lowest BCUT2D eigenvalue weighted by Gasteiger charge is -2.16. The van der Waals surface area contributed by atoms with Crippen LogP contribution in [0, 0.1) is 0 Å². The Balaban J connectivity index is 2.05. The van der Waals surface area contributed by atoms with E-state index in [-0.39, 0.29) is 12.5 Å². The third kappa shape index (κ3) is 4.03. The first-order valence-corrected chi connectivity index (χ1v) is 7.17. The second-order valence-electron chi connectivity index (χ2n) is 4.32. The second kappa shape index (κ2) is 7.19. The van der Waals surface area contributed by atoms with Gasteiger partial charge in [-0.25, -0.2) is 0 Å². The van der Waals surface area contributed by atoms with E-state index in [1.807, 2.05) is 12.1 Å². The molecule has 0 aromatic heterocycles. The average Bonchev–Trinajstić information content (AvgIpc) is 2.43. The van der Waals surface area contributed by atoms with Crippen molar-refractivity contribution in [2.75, 3.05) is 13.2 Å². The highest BCUT2D eigenvalue weighted by atomic mass is 35.5. The summed E-state index contributed by atoms with van der Waals surface area (Å²) in [6.07, 6.45) is 0. The van der Waals surface area contributed by atoms with E-state index < -0.39 is 0 Å². The molecular weight excluding hydrogens is 319 g/mol. The van der Waals surface area contributed by atoms with Crippen LogP contribution in [-0.2, 0) is 0 Å². The standard InChI is InChI=1S/C15H13Cl3O2/c16-12-3-1-10(2-4-12)11(8-19)9-20-15-6-5-13(17)7-14(15)18/h1-7,11,19H,8-9H2/t11-/m1/s1. The van der Waals surface area contributed by atoms with Gasteiger partial charge in [0.15, 0.2) is 0 Å². The molecule has 2 aromatic rings. The molecule has 0 spiro atoms. The lowest BCUT2D eigenvalue weighted by atomic mass is 10.0. The van der Waals surface area contributed by atoms with E-state index in [1.54, 1.807) is 30.3 Å². The van der Waals surface area contributed by atoms with Crippen molar-refractivity contribution in [3.8, 4) is 5.75 Å². The highest BCUT2D eigenvalue weighted by Gasteiger charge is 2.12. The average molecular weight is 332 g/mol. The van der Waals surface area contributed by atoms with Crippen molar-refractivity contribution in [3.05, 3.63) is 63.1 Å². The third-order valence-electron chi connectivity index (χ3n) is 2.90. The molecule has 0 amide bonds. The van der Waals surface area contributed by atoms with Gasteiger partial charge in [-0.15, -0.1) is 0 Å². The van der Waals surface area contributed by atoms with Crippen LogP contribution in [0.3, 0.4) is 0 Å². The SMILES string of the molecule is OC[C@H](COc1ccc(Cl)cc1Cl)c1ccc(Cl)cc1. The number of hydrogen-bond donors (Lipinski definition) is 1. The Kier molecular flexibility index (Phi) is 5.55. The second-order valence-corrected chi connectivity index (χ2v) is 5.60. The number of ether oxygens (including phenoxy) is 1. The molecule has 1 N–H and O–H groups in total. The fourth-order valence-corrected chi connectivity index (χ4v) is 2.36. The molecule has 0 aliphatic heterocycles. The van der Waals surface area contributed by atoms with Gasteiger partial charge < -0.3 is 9.84 Å². The Morgan fingerprint density at radius 3 is 2.20 bits per heavy atom. The highest BCUT2D eigenvalue weighted by Crippen LogP contribution is 2.29. The van der Waals surface area contributed by atoms with E-state index in [9.17, 15) is 5.11 Å². The van der Waals surface area contributed by atoms with Crippen LogP contribution in [0.25, 0.3) is 0 Å². The maximum Gasteiger partial charge on any atom is 0.138 e. The summed E-state index contributed by atoms with van der Waals surface area (Å²) in [4.78, 5) is 0. The molecule has 2 nitrogen and oxygen atoms in total. The molecule has 2 rings (SSSR count). The lowest BCUT2D eigenvalue weighted by molar-refractivity contribution is 0.205. The van der Waals surface area contributed by atoms with Gasteiger partial charge in [-0.1, -0.05) is 46.9 Å². The van der Waals surface area contributed by atoms with E-state index >= 15 is 0 Å². The predicted molar refractivity (Wildman–Crippen MR) is 83.2 cm³/mol. The smallest absolute Gasteiger partial charge is 0.138 e. The number of aliphatic hydroxyl groups is 1. The molecule has 0 aliphatic carbocycles. The topological polar surface area (TPSA) is 29.5 Å². The first kappa shape index (κ1) is 15.5. The summed E-state index contributed by atoms with van der Waals surface area (Å²) in [5.74, 6) is 0.405. The molecule has 2 aromatic carbocycles. The molecule has 0 fully saturated rings. The van der Waals surface area contributed by atoms with Gasteiger partial charge in [-0.05, 0) is 35.9 Å². The summed E-state index contributed by atoms with van der Waals surface area (Å²) in [5, 5.41) is 11.1. The number of hydrogen-bond acceptors (Lipinski definition) is 2. The molecular formula is C15H13Cl3O2. The molecule has 0 bridgehead atoms. The summed E-state index contributed by atoms with van der Waals surface area (Å²) < 4.78 is 5.65. The zero-order valence-corrected chi connectivity index (χ0v) is 12.8. The van der Waals surface area contributed by atoms with Gasteiger partial charge >= 0.3 is 0 Å². The third-order valence-corrected chi connectivity index (χ3v) is 3.68. The summed E-state index contributed by atoms with van der Waals surface area (Å²) in [7, 11) is 0. The van der Waals surface area contributed by atoms with E-state index in [0.29, 0.717) is 27.4 Å². The van der Waals surface area contributed by atoms with Crippen molar-refractivity contribution in [2.24, 2.45) is 0 Å². The van der Waals surface area contributed by atoms with Crippen molar-refractivity contribution in [3.63, 3.8) is 0 Å². The lowest BCUT2D eigenvalue weighted by Crippen LogP contribution is -2.14. The Hall–Kier alpha value is -0.930. The molecule has 0 aliphatic rings. The molecule has 0 heterocycles. The number of halogens is 3. The van der Waals surface area contributed by atoms with Crippen LogP contribution in [0.15, 0.2) is 42.5 Å². The van der Waals surface area contributed by atoms with E-state index in [4.69, 9.17) is 39.5 Å².